The van der Waals surface area contributed by atoms with Gasteiger partial charge in [-0.2, -0.15) is 0 Å². The molecule has 1 amide bonds. The maximum Gasteiger partial charge on any atom is 0.261 e. The van der Waals surface area contributed by atoms with Crippen LogP contribution in [0, 0.1) is 0 Å². The summed E-state index contributed by atoms with van der Waals surface area (Å²) in [6.45, 7) is 4.79. The smallest absolute Gasteiger partial charge is 0.261 e. The molecule has 0 bridgehead atoms. The van der Waals surface area contributed by atoms with Crippen LogP contribution in [0.1, 0.15) is 35.1 Å². The summed E-state index contributed by atoms with van der Waals surface area (Å²) in [5.41, 5.74) is 0.999. The molecule has 3 aromatic heterocycles. The van der Waals surface area contributed by atoms with Crippen molar-refractivity contribution in [3.8, 4) is 0 Å². The van der Waals surface area contributed by atoms with E-state index in [1.807, 2.05) is 18.2 Å². The molecule has 0 aliphatic rings. The molecule has 0 aliphatic heterocycles. The minimum absolute atomic E-state index is 0.0313. The zero-order chi connectivity index (χ0) is 14.8. The van der Waals surface area contributed by atoms with E-state index in [0.29, 0.717) is 12.6 Å². The van der Waals surface area contributed by atoms with Crippen LogP contribution >= 0.6 is 11.3 Å². The number of pyridine rings is 1. The van der Waals surface area contributed by atoms with Gasteiger partial charge in [-0.25, -0.2) is 0 Å². The molecule has 5 heteroatoms. The number of carbonyl (C=O) groups excluding carboxylic acids is 1. The molecule has 1 N–H and O–H groups in total. The minimum atomic E-state index is -0.0313. The van der Waals surface area contributed by atoms with Gasteiger partial charge in [-0.15, -0.1) is 11.3 Å². The fourth-order valence-corrected chi connectivity index (χ4v) is 3.13. The SMILES string of the molecule is CC(C)n1cc2cc(C(=O)NCc3cccnc3)sc2c1. The van der Waals surface area contributed by atoms with Crippen LogP contribution in [-0.2, 0) is 6.54 Å². The predicted molar refractivity (Wildman–Crippen MR) is 85.6 cm³/mol. The van der Waals surface area contributed by atoms with E-state index in [1.54, 1.807) is 12.4 Å². The van der Waals surface area contributed by atoms with Crippen LogP contribution in [0.15, 0.2) is 43.0 Å². The quantitative estimate of drug-likeness (QED) is 0.800. The summed E-state index contributed by atoms with van der Waals surface area (Å²) in [7, 11) is 0. The van der Waals surface area contributed by atoms with Crippen LogP contribution in [0.2, 0.25) is 0 Å². The van der Waals surface area contributed by atoms with E-state index in [4.69, 9.17) is 0 Å². The Hall–Kier alpha value is -2.14. The zero-order valence-corrected chi connectivity index (χ0v) is 12.9. The summed E-state index contributed by atoms with van der Waals surface area (Å²) in [6.07, 6.45) is 7.68. The first kappa shape index (κ1) is 13.8. The average molecular weight is 299 g/mol. The molecule has 0 saturated carbocycles. The first-order chi connectivity index (χ1) is 10.1. The van der Waals surface area contributed by atoms with E-state index in [2.05, 4.69) is 41.1 Å². The molecule has 108 valence electrons. The second-order valence-electron chi connectivity index (χ2n) is 5.27. The van der Waals surface area contributed by atoms with Crippen molar-refractivity contribution in [2.75, 3.05) is 0 Å². The molecular formula is C16H17N3OS. The maximum absolute atomic E-state index is 12.2. The molecule has 0 aromatic carbocycles. The van der Waals surface area contributed by atoms with E-state index in [9.17, 15) is 4.79 Å². The molecule has 3 rings (SSSR count). The Morgan fingerprint density at radius 3 is 2.95 bits per heavy atom. The Balaban J connectivity index is 1.71. The van der Waals surface area contributed by atoms with Crippen molar-refractivity contribution in [3.05, 3.63) is 53.4 Å². The highest BCUT2D eigenvalue weighted by Crippen LogP contribution is 2.28. The van der Waals surface area contributed by atoms with E-state index in [-0.39, 0.29) is 5.91 Å². The summed E-state index contributed by atoms with van der Waals surface area (Å²) in [6, 6.07) is 6.21. The standard InChI is InChI=1S/C16H17N3OS/c1-11(2)19-9-13-6-14(21-15(13)10-19)16(20)18-8-12-4-3-5-17-7-12/h3-7,9-11H,8H2,1-2H3,(H,18,20). The third-order valence-electron chi connectivity index (χ3n) is 3.34. The second-order valence-corrected chi connectivity index (χ2v) is 6.36. The highest BCUT2D eigenvalue weighted by molar-refractivity contribution is 7.20. The molecule has 0 atom stereocenters. The summed E-state index contributed by atoms with van der Waals surface area (Å²) in [4.78, 5) is 17.0. The van der Waals surface area contributed by atoms with Gasteiger partial charge in [-0.3, -0.25) is 9.78 Å². The number of amides is 1. The second kappa shape index (κ2) is 5.69. The Morgan fingerprint density at radius 2 is 2.29 bits per heavy atom. The molecule has 0 fully saturated rings. The normalized spacial score (nSPS) is 11.2. The zero-order valence-electron chi connectivity index (χ0n) is 12.0. The van der Waals surface area contributed by atoms with Crippen molar-refractivity contribution in [1.82, 2.24) is 14.9 Å². The van der Waals surface area contributed by atoms with E-state index >= 15 is 0 Å². The number of fused-ring (bicyclic) bond motifs is 1. The van der Waals surface area contributed by atoms with Crippen molar-refractivity contribution in [2.45, 2.75) is 26.4 Å². The third kappa shape index (κ3) is 2.97. The molecule has 0 radical (unpaired) electrons. The van der Waals surface area contributed by atoms with Gasteiger partial charge < -0.3 is 9.88 Å². The number of aromatic nitrogens is 2. The minimum Gasteiger partial charge on any atom is -0.350 e. The topological polar surface area (TPSA) is 46.9 Å². The predicted octanol–water partition coefficient (Wildman–Crippen LogP) is 3.61. The highest BCUT2D eigenvalue weighted by atomic mass is 32.1. The molecule has 3 heterocycles. The molecule has 0 spiro atoms. The monoisotopic (exact) mass is 299 g/mol. The number of nitrogens with zero attached hydrogens (tertiary/aromatic N) is 2. The lowest BCUT2D eigenvalue weighted by molar-refractivity contribution is 0.0955. The number of rotatable bonds is 4. The molecule has 4 nitrogen and oxygen atoms in total. The first-order valence-corrected chi connectivity index (χ1v) is 7.73. The van der Waals surface area contributed by atoms with Gasteiger partial charge in [0.2, 0.25) is 0 Å². The largest absolute Gasteiger partial charge is 0.350 e. The van der Waals surface area contributed by atoms with E-state index in [0.717, 1.165) is 20.5 Å². The first-order valence-electron chi connectivity index (χ1n) is 6.91. The van der Waals surface area contributed by atoms with Crippen LogP contribution in [-0.4, -0.2) is 15.5 Å². The molecule has 21 heavy (non-hydrogen) atoms. The summed E-state index contributed by atoms with van der Waals surface area (Å²) < 4.78 is 3.31. The van der Waals surface area contributed by atoms with E-state index < -0.39 is 0 Å². The number of hydrogen-bond donors (Lipinski definition) is 1. The molecule has 3 aromatic rings. The van der Waals surface area contributed by atoms with Gasteiger partial charge in [0.15, 0.2) is 0 Å². The summed E-state index contributed by atoms with van der Waals surface area (Å²) in [5.74, 6) is -0.0313. The molecular weight excluding hydrogens is 282 g/mol. The Morgan fingerprint density at radius 1 is 1.43 bits per heavy atom. The summed E-state index contributed by atoms with van der Waals surface area (Å²) in [5, 5.41) is 4.05. The molecule has 0 unspecified atom stereocenters. The maximum atomic E-state index is 12.2. The lowest BCUT2D eigenvalue weighted by atomic mass is 10.3. The molecule has 0 aliphatic carbocycles. The Kier molecular flexibility index (Phi) is 3.75. The van der Waals surface area contributed by atoms with Gasteiger partial charge in [0.25, 0.3) is 5.91 Å². The summed E-state index contributed by atoms with van der Waals surface area (Å²) >= 11 is 1.53. The van der Waals surface area contributed by atoms with Gasteiger partial charge in [-0.05, 0) is 31.5 Å². The fourth-order valence-electron chi connectivity index (χ4n) is 2.14. The number of carbonyl (C=O) groups is 1. The lowest BCUT2D eigenvalue weighted by Gasteiger charge is -2.05. The van der Waals surface area contributed by atoms with Crippen LogP contribution in [0.4, 0.5) is 0 Å². The van der Waals surface area contributed by atoms with Crippen LogP contribution in [0.3, 0.4) is 0 Å². The van der Waals surface area contributed by atoms with Crippen molar-refractivity contribution in [3.63, 3.8) is 0 Å². The third-order valence-corrected chi connectivity index (χ3v) is 4.43. The molecule has 0 saturated heterocycles. The van der Waals surface area contributed by atoms with Gasteiger partial charge in [0.1, 0.15) is 0 Å². The van der Waals surface area contributed by atoms with E-state index in [1.165, 1.54) is 11.3 Å². The highest BCUT2D eigenvalue weighted by Gasteiger charge is 2.12. The van der Waals surface area contributed by atoms with Crippen LogP contribution in [0.5, 0.6) is 0 Å². The van der Waals surface area contributed by atoms with Crippen molar-refractivity contribution in [2.24, 2.45) is 0 Å². The number of hydrogen-bond acceptors (Lipinski definition) is 3. The van der Waals surface area contributed by atoms with Gasteiger partial charge in [-0.1, -0.05) is 6.07 Å². The van der Waals surface area contributed by atoms with Gasteiger partial charge >= 0.3 is 0 Å². The van der Waals surface area contributed by atoms with Crippen molar-refractivity contribution >= 4 is 27.3 Å². The van der Waals surface area contributed by atoms with Crippen molar-refractivity contribution < 1.29 is 4.79 Å². The van der Waals surface area contributed by atoms with Gasteiger partial charge in [0, 0.05) is 42.8 Å². The Labute approximate surface area is 127 Å². The van der Waals surface area contributed by atoms with Crippen molar-refractivity contribution in [1.29, 1.82) is 0 Å². The van der Waals surface area contributed by atoms with Crippen LogP contribution < -0.4 is 5.32 Å². The van der Waals surface area contributed by atoms with Crippen LogP contribution in [0.25, 0.3) is 10.1 Å². The number of thiophene rings is 1. The Bertz CT molecular complexity index is 727. The lowest BCUT2D eigenvalue weighted by Crippen LogP contribution is -2.21. The number of nitrogens with one attached hydrogen (secondary N) is 1. The fraction of sp³-hybridized carbons (Fsp3) is 0.250. The average Bonchev–Trinajstić information content (AvgIpc) is 3.04. The van der Waals surface area contributed by atoms with Gasteiger partial charge in [0.05, 0.1) is 9.58 Å².